The number of fused-ring (bicyclic) bond motifs is 2. The second kappa shape index (κ2) is 7.82. The van der Waals surface area contributed by atoms with Gasteiger partial charge in [0.1, 0.15) is 17.1 Å². The molecule has 30 heavy (non-hydrogen) atoms. The van der Waals surface area contributed by atoms with E-state index in [0.29, 0.717) is 22.3 Å². The molecular formula is C22H19NO7. The van der Waals surface area contributed by atoms with Crippen LogP contribution in [0.15, 0.2) is 48.5 Å². The number of hydrogen-bond donors (Lipinski definition) is 3. The van der Waals surface area contributed by atoms with Gasteiger partial charge in [0, 0.05) is 10.8 Å². The largest absolute Gasteiger partial charge is 0.507 e. The monoisotopic (exact) mass is 409 g/mol. The number of amides is 1. The highest BCUT2D eigenvalue weighted by Crippen LogP contribution is 2.36. The summed E-state index contributed by atoms with van der Waals surface area (Å²) in [6, 6.07) is 12.7. The van der Waals surface area contributed by atoms with E-state index >= 15 is 0 Å². The topological polar surface area (TPSA) is 114 Å². The molecule has 3 N–H and O–H groups in total. The lowest BCUT2D eigenvalue weighted by Crippen LogP contribution is -2.31. The Bertz CT molecular complexity index is 1140. The summed E-state index contributed by atoms with van der Waals surface area (Å²) < 4.78 is 15.6. The van der Waals surface area contributed by atoms with E-state index in [0.717, 1.165) is 11.6 Å². The molecule has 0 saturated carbocycles. The van der Waals surface area contributed by atoms with Crippen molar-refractivity contribution < 1.29 is 34.0 Å². The molecule has 3 aromatic carbocycles. The van der Waals surface area contributed by atoms with Crippen LogP contribution in [0.2, 0.25) is 0 Å². The maximum atomic E-state index is 12.3. The Morgan fingerprint density at radius 2 is 1.80 bits per heavy atom. The van der Waals surface area contributed by atoms with Gasteiger partial charge in [0.05, 0.1) is 6.04 Å². The third-order valence-corrected chi connectivity index (χ3v) is 4.82. The van der Waals surface area contributed by atoms with Crippen LogP contribution < -0.4 is 14.8 Å². The van der Waals surface area contributed by atoms with Gasteiger partial charge in [-0.05, 0) is 30.7 Å². The third kappa shape index (κ3) is 3.67. The number of aromatic hydroxyl groups is 2. The zero-order valence-corrected chi connectivity index (χ0v) is 16.0. The summed E-state index contributed by atoms with van der Waals surface area (Å²) in [5.41, 5.74) is 0.582. The van der Waals surface area contributed by atoms with Crippen molar-refractivity contribution in [1.82, 2.24) is 5.32 Å². The van der Waals surface area contributed by atoms with Gasteiger partial charge in [0.15, 0.2) is 18.1 Å². The molecule has 154 valence electrons. The van der Waals surface area contributed by atoms with Crippen molar-refractivity contribution in [2.75, 3.05) is 13.4 Å². The van der Waals surface area contributed by atoms with Crippen molar-refractivity contribution in [2.24, 2.45) is 0 Å². The number of benzene rings is 3. The van der Waals surface area contributed by atoms with Crippen LogP contribution in [0, 0.1) is 0 Å². The van der Waals surface area contributed by atoms with Crippen molar-refractivity contribution in [3.8, 4) is 23.0 Å². The molecule has 1 atom stereocenters. The molecule has 0 aromatic heterocycles. The summed E-state index contributed by atoms with van der Waals surface area (Å²) in [6.07, 6.45) is 0. The summed E-state index contributed by atoms with van der Waals surface area (Å²) in [6.45, 7) is 1.40. The van der Waals surface area contributed by atoms with E-state index in [2.05, 4.69) is 5.32 Å². The number of hydrogen-bond acceptors (Lipinski definition) is 7. The minimum Gasteiger partial charge on any atom is -0.507 e. The number of esters is 1. The lowest BCUT2D eigenvalue weighted by molar-refractivity contribution is -0.124. The average Bonchev–Trinajstić information content (AvgIpc) is 3.22. The van der Waals surface area contributed by atoms with E-state index in [1.807, 2.05) is 0 Å². The SMILES string of the molecule is C[C@H](NC(=O)COC(=O)c1cc(O)c2ccccc2c1O)c1ccc2c(c1)OCO2. The van der Waals surface area contributed by atoms with E-state index in [-0.39, 0.29) is 29.9 Å². The normalized spacial score (nSPS) is 13.1. The Hall–Kier alpha value is -3.94. The first kappa shape index (κ1) is 19.4. The molecule has 0 bridgehead atoms. The fourth-order valence-corrected chi connectivity index (χ4v) is 3.25. The van der Waals surface area contributed by atoms with Crippen LogP contribution in [0.5, 0.6) is 23.0 Å². The molecule has 1 heterocycles. The van der Waals surface area contributed by atoms with Gasteiger partial charge >= 0.3 is 5.97 Å². The molecular weight excluding hydrogens is 390 g/mol. The molecule has 0 unspecified atom stereocenters. The Morgan fingerprint density at radius 1 is 1.07 bits per heavy atom. The van der Waals surface area contributed by atoms with Crippen molar-refractivity contribution in [2.45, 2.75) is 13.0 Å². The molecule has 8 nitrogen and oxygen atoms in total. The van der Waals surface area contributed by atoms with Gasteiger partial charge in [-0.3, -0.25) is 4.79 Å². The highest BCUT2D eigenvalue weighted by Gasteiger charge is 2.20. The van der Waals surface area contributed by atoms with E-state index in [4.69, 9.17) is 14.2 Å². The lowest BCUT2D eigenvalue weighted by atomic mass is 10.0. The summed E-state index contributed by atoms with van der Waals surface area (Å²) in [4.78, 5) is 24.6. The standard InChI is InChI=1S/C22H19NO7/c1-12(13-6-7-18-19(8-13)30-11-29-18)23-20(25)10-28-22(27)16-9-17(24)14-4-2-3-5-15(14)21(16)26/h2-9,12,24,26H,10-11H2,1H3,(H,23,25)/t12-/m0/s1. The summed E-state index contributed by atoms with van der Waals surface area (Å²) in [5, 5.41) is 23.9. The third-order valence-electron chi connectivity index (χ3n) is 4.82. The van der Waals surface area contributed by atoms with E-state index in [1.165, 1.54) is 0 Å². The number of carbonyl (C=O) groups is 2. The summed E-state index contributed by atoms with van der Waals surface area (Å²) in [7, 11) is 0. The Kier molecular flexibility index (Phi) is 5.05. The summed E-state index contributed by atoms with van der Waals surface area (Å²) >= 11 is 0. The van der Waals surface area contributed by atoms with Crippen molar-refractivity contribution >= 4 is 22.6 Å². The van der Waals surface area contributed by atoms with Crippen LogP contribution in [0.25, 0.3) is 10.8 Å². The predicted octanol–water partition coefficient (Wildman–Crippen LogP) is 3.01. The van der Waals surface area contributed by atoms with Crippen molar-refractivity contribution in [1.29, 1.82) is 0 Å². The molecule has 1 amide bonds. The van der Waals surface area contributed by atoms with Gasteiger partial charge in [-0.25, -0.2) is 4.79 Å². The molecule has 0 aliphatic carbocycles. The second-order valence-corrected chi connectivity index (χ2v) is 6.82. The smallest absolute Gasteiger partial charge is 0.342 e. The molecule has 0 fully saturated rings. The highest BCUT2D eigenvalue weighted by molar-refractivity contribution is 6.04. The maximum absolute atomic E-state index is 12.3. The van der Waals surface area contributed by atoms with Gasteiger partial charge < -0.3 is 29.7 Å². The van der Waals surface area contributed by atoms with E-state index < -0.39 is 18.5 Å². The minimum atomic E-state index is -0.917. The number of rotatable bonds is 5. The van der Waals surface area contributed by atoms with Gasteiger partial charge in [-0.1, -0.05) is 30.3 Å². The van der Waals surface area contributed by atoms with E-state index in [1.54, 1.807) is 49.4 Å². The first-order valence-corrected chi connectivity index (χ1v) is 9.23. The van der Waals surface area contributed by atoms with Crippen LogP contribution >= 0.6 is 0 Å². The fraction of sp³-hybridized carbons (Fsp3) is 0.182. The van der Waals surface area contributed by atoms with Crippen LogP contribution in [-0.4, -0.2) is 35.5 Å². The predicted molar refractivity (Wildman–Crippen MR) is 107 cm³/mol. The Morgan fingerprint density at radius 3 is 2.60 bits per heavy atom. The van der Waals surface area contributed by atoms with Gasteiger partial charge in [0.25, 0.3) is 5.91 Å². The quantitative estimate of drug-likeness (QED) is 0.438. The fourth-order valence-electron chi connectivity index (χ4n) is 3.25. The van der Waals surface area contributed by atoms with Crippen molar-refractivity contribution in [3.05, 3.63) is 59.7 Å². The number of nitrogens with one attached hydrogen (secondary N) is 1. The molecule has 8 heteroatoms. The molecule has 0 saturated heterocycles. The lowest BCUT2D eigenvalue weighted by Gasteiger charge is -2.15. The highest BCUT2D eigenvalue weighted by atomic mass is 16.7. The first-order valence-electron chi connectivity index (χ1n) is 9.23. The van der Waals surface area contributed by atoms with Crippen molar-refractivity contribution in [3.63, 3.8) is 0 Å². The number of phenols is 2. The average molecular weight is 409 g/mol. The van der Waals surface area contributed by atoms with Gasteiger partial charge in [-0.15, -0.1) is 0 Å². The second-order valence-electron chi connectivity index (χ2n) is 6.82. The number of phenolic OH excluding ortho intramolecular Hbond substituents is 2. The summed E-state index contributed by atoms with van der Waals surface area (Å²) in [5.74, 6) is -0.674. The maximum Gasteiger partial charge on any atom is 0.342 e. The van der Waals surface area contributed by atoms with Gasteiger partial charge in [-0.2, -0.15) is 0 Å². The molecule has 4 rings (SSSR count). The zero-order valence-electron chi connectivity index (χ0n) is 16.0. The van der Waals surface area contributed by atoms with Crippen LogP contribution in [0.4, 0.5) is 0 Å². The van der Waals surface area contributed by atoms with E-state index in [9.17, 15) is 19.8 Å². The molecule has 1 aliphatic heterocycles. The number of carbonyl (C=O) groups excluding carboxylic acids is 2. The minimum absolute atomic E-state index is 0.159. The van der Waals surface area contributed by atoms with Crippen LogP contribution in [0.3, 0.4) is 0 Å². The molecule has 1 aliphatic rings. The van der Waals surface area contributed by atoms with Gasteiger partial charge in [0.2, 0.25) is 6.79 Å². The van der Waals surface area contributed by atoms with Crippen LogP contribution in [0.1, 0.15) is 28.9 Å². The number of ether oxygens (including phenoxy) is 3. The molecule has 0 radical (unpaired) electrons. The van der Waals surface area contributed by atoms with Crippen LogP contribution in [-0.2, 0) is 9.53 Å². The zero-order chi connectivity index (χ0) is 21.3. The Balaban J connectivity index is 1.40. The first-order chi connectivity index (χ1) is 14.4. The molecule has 0 spiro atoms. The Labute approximate surface area is 171 Å². The molecule has 3 aromatic rings.